The van der Waals surface area contributed by atoms with Crippen LogP contribution in [-0.4, -0.2) is 20.9 Å². The Bertz CT molecular complexity index is 630. The van der Waals surface area contributed by atoms with Crippen LogP contribution in [0.2, 0.25) is 0 Å². The number of benzene rings is 1. The zero-order valence-corrected chi connectivity index (χ0v) is 12.1. The highest BCUT2D eigenvalue weighted by molar-refractivity contribution is 7.89. The normalized spacial score (nSPS) is 15.5. The van der Waals surface area contributed by atoms with Crippen molar-refractivity contribution in [2.24, 2.45) is 10.6 Å². The first kappa shape index (κ1) is 14.0. The van der Waals surface area contributed by atoms with E-state index in [4.69, 9.17) is 5.14 Å². The minimum atomic E-state index is -3.69. The van der Waals surface area contributed by atoms with Crippen LogP contribution >= 0.6 is 0 Å². The summed E-state index contributed by atoms with van der Waals surface area (Å²) in [5.74, 6) is 0.0367. The number of carbonyl (C=O) groups is 1. The second-order valence-electron chi connectivity index (χ2n) is 5.79. The van der Waals surface area contributed by atoms with Crippen molar-refractivity contribution in [2.45, 2.75) is 32.1 Å². The largest absolute Gasteiger partial charge is 0.311 e. The monoisotopic (exact) mass is 282 g/mol. The Morgan fingerprint density at radius 2 is 1.95 bits per heavy atom. The highest BCUT2D eigenvalue weighted by atomic mass is 32.2. The lowest BCUT2D eigenvalue weighted by molar-refractivity contribution is -0.125. The molecule has 0 saturated heterocycles. The fraction of sp³-hybridized carbons (Fsp3) is 0.462. The van der Waals surface area contributed by atoms with Crippen LogP contribution in [0.4, 0.5) is 5.69 Å². The van der Waals surface area contributed by atoms with Crippen LogP contribution in [0, 0.1) is 5.41 Å². The van der Waals surface area contributed by atoms with E-state index in [1.54, 1.807) is 17.0 Å². The van der Waals surface area contributed by atoms with Gasteiger partial charge in [-0.15, -0.1) is 0 Å². The minimum absolute atomic E-state index is 0.0367. The van der Waals surface area contributed by atoms with E-state index in [0.717, 1.165) is 11.3 Å². The van der Waals surface area contributed by atoms with Gasteiger partial charge in [0.25, 0.3) is 0 Å². The Labute approximate surface area is 113 Å². The van der Waals surface area contributed by atoms with E-state index < -0.39 is 15.4 Å². The molecule has 0 unspecified atom stereocenters. The molecule has 1 heterocycles. The SMILES string of the molecule is CC(C)(C)C(=O)N1CCc2cc(S(N)(=O)=O)ccc21. The van der Waals surface area contributed by atoms with Gasteiger partial charge < -0.3 is 4.90 Å². The van der Waals surface area contributed by atoms with Crippen molar-refractivity contribution >= 4 is 21.6 Å². The molecule has 0 atom stereocenters. The number of nitrogens with two attached hydrogens (primary N) is 1. The lowest BCUT2D eigenvalue weighted by Crippen LogP contribution is -2.38. The first-order valence-electron chi connectivity index (χ1n) is 6.08. The van der Waals surface area contributed by atoms with Gasteiger partial charge in [0.2, 0.25) is 15.9 Å². The molecule has 0 bridgehead atoms. The van der Waals surface area contributed by atoms with Crippen molar-refractivity contribution < 1.29 is 13.2 Å². The molecule has 0 aromatic heterocycles. The Hall–Kier alpha value is -1.40. The molecule has 19 heavy (non-hydrogen) atoms. The van der Waals surface area contributed by atoms with Crippen LogP contribution in [0.5, 0.6) is 0 Å². The first-order chi connectivity index (χ1) is 8.60. The standard InChI is InChI=1S/C13H18N2O3S/c1-13(2,3)12(16)15-7-6-9-8-10(19(14,17)18)4-5-11(9)15/h4-5,8H,6-7H2,1-3H3,(H2,14,17,18). The molecule has 0 radical (unpaired) electrons. The molecule has 0 aliphatic carbocycles. The predicted molar refractivity (Wildman–Crippen MR) is 73.3 cm³/mol. The van der Waals surface area contributed by atoms with E-state index in [-0.39, 0.29) is 10.8 Å². The predicted octanol–water partition coefficient (Wildman–Crippen LogP) is 1.27. The third kappa shape index (κ3) is 2.64. The molecule has 1 aliphatic heterocycles. The maximum atomic E-state index is 12.3. The maximum absolute atomic E-state index is 12.3. The van der Waals surface area contributed by atoms with Gasteiger partial charge in [0.15, 0.2) is 0 Å². The topological polar surface area (TPSA) is 80.5 Å². The molecular weight excluding hydrogens is 264 g/mol. The molecule has 1 aromatic rings. The van der Waals surface area contributed by atoms with Gasteiger partial charge in [0.05, 0.1) is 4.90 Å². The van der Waals surface area contributed by atoms with Gasteiger partial charge in [0, 0.05) is 17.6 Å². The Morgan fingerprint density at radius 3 is 2.47 bits per heavy atom. The van der Waals surface area contributed by atoms with Crippen LogP contribution in [0.25, 0.3) is 0 Å². The van der Waals surface area contributed by atoms with E-state index in [9.17, 15) is 13.2 Å². The van der Waals surface area contributed by atoms with Crippen LogP contribution in [0.1, 0.15) is 26.3 Å². The maximum Gasteiger partial charge on any atom is 0.238 e. The summed E-state index contributed by atoms with van der Waals surface area (Å²) in [6.07, 6.45) is 0.653. The second-order valence-corrected chi connectivity index (χ2v) is 7.35. The molecule has 0 saturated carbocycles. The lowest BCUT2D eigenvalue weighted by Gasteiger charge is -2.26. The molecule has 2 rings (SSSR count). The number of fused-ring (bicyclic) bond motifs is 1. The molecular formula is C13H18N2O3S. The fourth-order valence-corrected chi connectivity index (χ4v) is 2.74. The van der Waals surface area contributed by atoms with Gasteiger partial charge in [-0.1, -0.05) is 20.8 Å². The van der Waals surface area contributed by atoms with E-state index in [2.05, 4.69) is 0 Å². The van der Waals surface area contributed by atoms with Gasteiger partial charge in [-0.3, -0.25) is 4.79 Å². The first-order valence-corrected chi connectivity index (χ1v) is 7.63. The quantitative estimate of drug-likeness (QED) is 0.842. The average molecular weight is 282 g/mol. The number of carbonyl (C=O) groups excluding carboxylic acids is 1. The molecule has 1 aromatic carbocycles. The summed E-state index contributed by atoms with van der Waals surface area (Å²) < 4.78 is 22.6. The second kappa shape index (κ2) is 4.31. The highest BCUT2D eigenvalue weighted by Crippen LogP contribution is 2.33. The van der Waals surface area contributed by atoms with Crippen molar-refractivity contribution in [3.8, 4) is 0 Å². The number of amides is 1. The van der Waals surface area contributed by atoms with Crippen molar-refractivity contribution in [2.75, 3.05) is 11.4 Å². The number of nitrogens with zero attached hydrogens (tertiary/aromatic N) is 1. The van der Waals surface area contributed by atoms with Crippen LogP contribution < -0.4 is 10.0 Å². The molecule has 6 heteroatoms. The van der Waals surface area contributed by atoms with Gasteiger partial charge in [-0.25, -0.2) is 13.6 Å². The Morgan fingerprint density at radius 1 is 1.32 bits per heavy atom. The molecule has 1 amide bonds. The summed E-state index contributed by atoms with van der Waals surface area (Å²) in [7, 11) is -3.69. The van der Waals surface area contributed by atoms with Crippen molar-refractivity contribution in [3.63, 3.8) is 0 Å². The van der Waals surface area contributed by atoms with Crippen LogP contribution in [0.3, 0.4) is 0 Å². The van der Waals surface area contributed by atoms with E-state index in [1.165, 1.54) is 6.07 Å². The summed E-state index contributed by atoms with van der Waals surface area (Å²) in [5.41, 5.74) is 1.18. The summed E-state index contributed by atoms with van der Waals surface area (Å²) >= 11 is 0. The van der Waals surface area contributed by atoms with E-state index >= 15 is 0 Å². The summed E-state index contributed by atoms with van der Waals surface area (Å²) in [6, 6.07) is 4.66. The van der Waals surface area contributed by atoms with Gasteiger partial charge in [0.1, 0.15) is 0 Å². The number of sulfonamides is 1. The molecule has 0 fully saturated rings. The van der Waals surface area contributed by atoms with Gasteiger partial charge in [-0.2, -0.15) is 0 Å². The van der Waals surface area contributed by atoms with Gasteiger partial charge in [-0.05, 0) is 30.2 Å². The lowest BCUT2D eigenvalue weighted by atomic mass is 9.95. The zero-order valence-electron chi connectivity index (χ0n) is 11.3. The van der Waals surface area contributed by atoms with Crippen LogP contribution in [-0.2, 0) is 21.2 Å². The van der Waals surface area contributed by atoms with Gasteiger partial charge >= 0.3 is 0 Å². The number of primary sulfonamides is 1. The third-order valence-electron chi connectivity index (χ3n) is 3.16. The van der Waals surface area contributed by atoms with Crippen molar-refractivity contribution in [1.29, 1.82) is 0 Å². The number of hydrogen-bond donors (Lipinski definition) is 1. The number of hydrogen-bond acceptors (Lipinski definition) is 3. The van der Waals surface area contributed by atoms with Crippen molar-refractivity contribution in [1.82, 2.24) is 0 Å². The van der Waals surface area contributed by atoms with Crippen LogP contribution in [0.15, 0.2) is 23.1 Å². The summed E-state index contributed by atoms with van der Waals surface area (Å²) in [4.78, 5) is 14.1. The Kier molecular flexibility index (Phi) is 3.18. The summed E-state index contributed by atoms with van der Waals surface area (Å²) in [6.45, 7) is 6.18. The molecule has 5 nitrogen and oxygen atoms in total. The molecule has 0 spiro atoms. The number of anilines is 1. The minimum Gasteiger partial charge on any atom is -0.311 e. The third-order valence-corrected chi connectivity index (χ3v) is 4.07. The fourth-order valence-electron chi connectivity index (χ4n) is 2.17. The zero-order chi connectivity index (χ0) is 14.4. The summed E-state index contributed by atoms with van der Waals surface area (Å²) in [5, 5.41) is 5.11. The highest BCUT2D eigenvalue weighted by Gasteiger charge is 2.32. The Balaban J connectivity index is 2.41. The molecule has 104 valence electrons. The van der Waals surface area contributed by atoms with E-state index in [0.29, 0.717) is 13.0 Å². The van der Waals surface area contributed by atoms with Crippen molar-refractivity contribution in [3.05, 3.63) is 23.8 Å². The average Bonchev–Trinajstić information content (AvgIpc) is 2.67. The smallest absolute Gasteiger partial charge is 0.238 e. The number of rotatable bonds is 1. The molecule has 1 aliphatic rings. The van der Waals surface area contributed by atoms with E-state index in [1.807, 2.05) is 20.8 Å². The molecule has 2 N–H and O–H groups in total.